The van der Waals surface area contributed by atoms with Crippen molar-refractivity contribution < 1.29 is 0 Å². The quantitative estimate of drug-likeness (QED) is 0.773. The molecule has 0 saturated carbocycles. The van der Waals surface area contributed by atoms with Crippen LogP contribution in [-0.4, -0.2) is 23.4 Å². The summed E-state index contributed by atoms with van der Waals surface area (Å²) in [6.45, 7) is 5.64. The molecule has 14 heavy (non-hydrogen) atoms. The molecule has 1 aromatic rings. The van der Waals surface area contributed by atoms with Gasteiger partial charge in [0.15, 0.2) is 0 Å². The van der Waals surface area contributed by atoms with Crippen LogP contribution >= 0.6 is 0 Å². The van der Waals surface area contributed by atoms with Gasteiger partial charge in [-0.05, 0) is 37.9 Å². The third-order valence-electron chi connectivity index (χ3n) is 2.64. The molecule has 0 radical (unpaired) electrons. The van der Waals surface area contributed by atoms with Crippen LogP contribution in [0.4, 0.5) is 0 Å². The first kappa shape index (κ1) is 11.2. The second-order valence-electron chi connectivity index (χ2n) is 4.64. The Bertz CT molecular complexity index is 276. The van der Waals surface area contributed by atoms with Crippen LogP contribution in [0.5, 0.6) is 0 Å². The first-order valence-corrected chi connectivity index (χ1v) is 5.17. The normalized spacial score (nSPS) is 12.0. The molecule has 1 aromatic heterocycles. The molecular weight excluding hydrogens is 174 g/mol. The highest BCUT2D eigenvalue weighted by molar-refractivity contribution is 5.00. The van der Waals surface area contributed by atoms with Crippen molar-refractivity contribution >= 4 is 0 Å². The van der Waals surface area contributed by atoms with Crippen molar-refractivity contribution in [3.8, 4) is 0 Å². The van der Waals surface area contributed by atoms with Crippen LogP contribution in [0.15, 0.2) is 12.3 Å². The van der Waals surface area contributed by atoms with Crippen molar-refractivity contribution in [1.29, 1.82) is 0 Å². The number of hydrogen-bond acceptors (Lipinski definition) is 2. The molecule has 0 bridgehead atoms. The van der Waals surface area contributed by atoms with Crippen LogP contribution in [-0.2, 0) is 13.5 Å². The van der Waals surface area contributed by atoms with Gasteiger partial charge in [-0.1, -0.05) is 13.8 Å². The van der Waals surface area contributed by atoms with Gasteiger partial charge < -0.3 is 5.32 Å². The summed E-state index contributed by atoms with van der Waals surface area (Å²) < 4.78 is 1.95. The summed E-state index contributed by atoms with van der Waals surface area (Å²) >= 11 is 0. The Labute approximate surface area is 86.5 Å². The topological polar surface area (TPSA) is 29.9 Å². The highest BCUT2D eigenvalue weighted by Gasteiger charge is 2.16. The highest BCUT2D eigenvalue weighted by Crippen LogP contribution is 2.21. The standard InChI is InChI=1S/C11H21N3/c1-11(2,9-12-3)7-5-10-6-8-13-14(10)4/h6,8,12H,5,7,9H2,1-4H3. The summed E-state index contributed by atoms with van der Waals surface area (Å²) in [7, 11) is 4.01. The molecule has 1 rings (SSSR count). The zero-order chi connectivity index (χ0) is 10.6. The van der Waals surface area contributed by atoms with Gasteiger partial charge in [0.25, 0.3) is 0 Å². The van der Waals surface area contributed by atoms with Crippen LogP contribution in [0.1, 0.15) is 26.0 Å². The van der Waals surface area contributed by atoms with Crippen molar-refractivity contribution in [3.05, 3.63) is 18.0 Å². The number of aromatic nitrogens is 2. The van der Waals surface area contributed by atoms with E-state index in [0.29, 0.717) is 5.41 Å². The van der Waals surface area contributed by atoms with Gasteiger partial charge in [0.1, 0.15) is 0 Å². The van der Waals surface area contributed by atoms with E-state index in [1.165, 1.54) is 12.1 Å². The molecule has 0 aliphatic heterocycles. The molecule has 0 fully saturated rings. The number of rotatable bonds is 5. The molecule has 0 spiro atoms. The Kier molecular flexibility index (Phi) is 3.69. The summed E-state index contributed by atoms with van der Waals surface area (Å²) in [5, 5.41) is 7.39. The molecular formula is C11H21N3. The van der Waals surface area contributed by atoms with Crippen LogP contribution in [0.3, 0.4) is 0 Å². The van der Waals surface area contributed by atoms with Crippen molar-refractivity contribution in [3.63, 3.8) is 0 Å². The summed E-state index contributed by atoms with van der Waals surface area (Å²) in [6, 6.07) is 2.09. The molecule has 0 atom stereocenters. The van der Waals surface area contributed by atoms with Gasteiger partial charge in [0, 0.05) is 18.9 Å². The van der Waals surface area contributed by atoms with Gasteiger partial charge >= 0.3 is 0 Å². The summed E-state index contributed by atoms with van der Waals surface area (Å²) in [5.74, 6) is 0. The van der Waals surface area contributed by atoms with Gasteiger partial charge in [0.2, 0.25) is 0 Å². The molecule has 3 nitrogen and oxygen atoms in total. The molecule has 80 valence electrons. The molecule has 0 amide bonds. The molecule has 0 aliphatic rings. The average Bonchev–Trinajstić information content (AvgIpc) is 2.48. The zero-order valence-electron chi connectivity index (χ0n) is 9.67. The number of hydrogen-bond donors (Lipinski definition) is 1. The van der Waals surface area contributed by atoms with Gasteiger partial charge in [-0.2, -0.15) is 5.10 Å². The molecule has 0 unspecified atom stereocenters. The Balaban J connectivity index is 2.44. The maximum atomic E-state index is 4.16. The predicted octanol–water partition coefficient (Wildman–Crippen LogP) is 1.60. The third kappa shape index (κ3) is 3.14. The van der Waals surface area contributed by atoms with E-state index in [-0.39, 0.29) is 0 Å². The molecule has 0 aromatic carbocycles. The minimum atomic E-state index is 0.360. The molecule has 3 heteroatoms. The first-order chi connectivity index (χ1) is 6.55. The maximum absolute atomic E-state index is 4.16. The van der Waals surface area contributed by atoms with Crippen molar-refractivity contribution in [2.24, 2.45) is 12.5 Å². The average molecular weight is 195 g/mol. The SMILES string of the molecule is CNCC(C)(C)CCc1ccnn1C. The van der Waals surface area contributed by atoms with E-state index >= 15 is 0 Å². The Morgan fingerprint density at radius 2 is 2.21 bits per heavy atom. The summed E-state index contributed by atoms with van der Waals surface area (Å²) in [6.07, 6.45) is 4.15. The molecule has 1 N–H and O–H groups in total. The van der Waals surface area contributed by atoms with Gasteiger partial charge in [-0.15, -0.1) is 0 Å². The second-order valence-corrected chi connectivity index (χ2v) is 4.64. The summed E-state index contributed by atoms with van der Waals surface area (Å²) in [4.78, 5) is 0. The number of aryl methyl sites for hydroxylation is 2. The fraction of sp³-hybridized carbons (Fsp3) is 0.727. The van der Waals surface area contributed by atoms with E-state index in [2.05, 4.69) is 30.3 Å². The van der Waals surface area contributed by atoms with E-state index in [9.17, 15) is 0 Å². The van der Waals surface area contributed by atoms with Gasteiger partial charge in [-0.3, -0.25) is 4.68 Å². The lowest BCUT2D eigenvalue weighted by Crippen LogP contribution is -2.27. The van der Waals surface area contributed by atoms with Crippen LogP contribution < -0.4 is 5.32 Å². The second kappa shape index (κ2) is 4.60. The predicted molar refractivity (Wildman–Crippen MR) is 59.2 cm³/mol. The van der Waals surface area contributed by atoms with Gasteiger partial charge in [0.05, 0.1) is 0 Å². The first-order valence-electron chi connectivity index (χ1n) is 5.17. The van der Waals surface area contributed by atoms with E-state index in [1.807, 2.05) is 25.0 Å². The van der Waals surface area contributed by atoms with E-state index < -0.39 is 0 Å². The van der Waals surface area contributed by atoms with E-state index in [4.69, 9.17) is 0 Å². The molecule has 1 heterocycles. The Hall–Kier alpha value is -0.830. The number of nitrogens with one attached hydrogen (secondary N) is 1. The summed E-state index contributed by atoms with van der Waals surface area (Å²) in [5.41, 5.74) is 1.67. The largest absolute Gasteiger partial charge is 0.319 e. The number of nitrogens with zero attached hydrogens (tertiary/aromatic N) is 2. The lowest BCUT2D eigenvalue weighted by molar-refractivity contribution is 0.321. The van der Waals surface area contributed by atoms with E-state index in [1.54, 1.807) is 0 Å². The lowest BCUT2D eigenvalue weighted by atomic mass is 9.87. The minimum Gasteiger partial charge on any atom is -0.319 e. The van der Waals surface area contributed by atoms with Gasteiger partial charge in [-0.25, -0.2) is 0 Å². The smallest absolute Gasteiger partial charge is 0.0492 e. The Morgan fingerprint density at radius 1 is 1.50 bits per heavy atom. The highest BCUT2D eigenvalue weighted by atomic mass is 15.2. The van der Waals surface area contributed by atoms with Crippen LogP contribution in [0, 0.1) is 5.41 Å². The third-order valence-corrected chi connectivity index (χ3v) is 2.64. The monoisotopic (exact) mass is 195 g/mol. The fourth-order valence-electron chi connectivity index (χ4n) is 1.68. The Morgan fingerprint density at radius 3 is 2.71 bits per heavy atom. The van der Waals surface area contributed by atoms with Crippen molar-refractivity contribution in [2.75, 3.05) is 13.6 Å². The molecule has 0 saturated heterocycles. The van der Waals surface area contributed by atoms with Crippen LogP contribution in [0.2, 0.25) is 0 Å². The van der Waals surface area contributed by atoms with E-state index in [0.717, 1.165) is 13.0 Å². The van der Waals surface area contributed by atoms with Crippen LogP contribution in [0.25, 0.3) is 0 Å². The maximum Gasteiger partial charge on any atom is 0.0492 e. The van der Waals surface area contributed by atoms with Crippen molar-refractivity contribution in [2.45, 2.75) is 26.7 Å². The fourth-order valence-corrected chi connectivity index (χ4v) is 1.68. The zero-order valence-corrected chi connectivity index (χ0v) is 9.67. The minimum absolute atomic E-state index is 0.360. The van der Waals surface area contributed by atoms with Crippen molar-refractivity contribution in [1.82, 2.24) is 15.1 Å². The molecule has 0 aliphatic carbocycles. The lowest BCUT2D eigenvalue weighted by Gasteiger charge is -2.23.